The van der Waals surface area contributed by atoms with Crippen LogP contribution in [-0.4, -0.2) is 34.6 Å². The summed E-state index contributed by atoms with van der Waals surface area (Å²) in [4.78, 5) is 52.8. The Hall–Kier alpha value is -3.59. The molecule has 2 aromatic rings. The molecule has 158 valence electrons. The number of likely N-dealkylation sites (tertiary alicyclic amines) is 1. The molecule has 4 unspecified atom stereocenters. The second-order valence-corrected chi connectivity index (χ2v) is 8.12. The molecule has 5 rings (SSSR count). The second-order valence-electron chi connectivity index (χ2n) is 8.12. The van der Waals surface area contributed by atoms with Gasteiger partial charge in [0.15, 0.2) is 0 Å². The van der Waals surface area contributed by atoms with Crippen LogP contribution >= 0.6 is 0 Å². The number of nitrogens with one attached hydrogen (secondary N) is 2. The van der Waals surface area contributed by atoms with Crippen molar-refractivity contribution < 1.29 is 23.6 Å². The van der Waals surface area contributed by atoms with E-state index >= 15 is 0 Å². The molecule has 4 amide bonds. The number of nitrogens with zero attached hydrogens (tertiary/aromatic N) is 1. The van der Waals surface area contributed by atoms with E-state index in [-0.39, 0.29) is 18.5 Å². The average molecular weight is 422 g/mol. The second kappa shape index (κ2) is 6.71. The van der Waals surface area contributed by atoms with Crippen LogP contribution in [0, 0.1) is 17.7 Å². The molecule has 9 heteroatoms. The first-order valence-electron chi connectivity index (χ1n) is 9.89. The minimum absolute atomic E-state index is 0.0442. The van der Waals surface area contributed by atoms with Crippen LogP contribution in [0.4, 0.5) is 10.1 Å². The molecule has 3 aliphatic rings. The lowest BCUT2D eigenvalue weighted by Gasteiger charge is -2.29. The highest BCUT2D eigenvalue weighted by molar-refractivity contribution is 6.15. The standard InChI is InChI=1S/C22H19FN4O4/c23-12-6-7-14-13(8-12)22(21(31)25-14)18-17(15(26-22)9-16(24)28)19(29)27(20(18)30)10-11-4-2-1-3-5-11/h1-8,15,17-18,26H,9-10H2,(H2,24,28)(H,25,31). The minimum atomic E-state index is -1.65. The maximum Gasteiger partial charge on any atom is 0.250 e. The molecule has 0 aliphatic carbocycles. The van der Waals surface area contributed by atoms with E-state index in [4.69, 9.17) is 5.73 Å². The molecule has 0 saturated carbocycles. The molecule has 31 heavy (non-hydrogen) atoms. The van der Waals surface area contributed by atoms with Gasteiger partial charge in [0.25, 0.3) is 0 Å². The molecule has 2 saturated heterocycles. The molecular weight excluding hydrogens is 403 g/mol. The number of carbonyl (C=O) groups is 4. The Bertz CT molecular complexity index is 1140. The summed E-state index contributed by atoms with van der Waals surface area (Å²) in [7, 11) is 0. The number of imide groups is 1. The summed E-state index contributed by atoms with van der Waals surface area (Å²) in [5.74, 6) is -4.91. The Morgan fingerprint density at radius 1 is 1.10 bits per heavy atom. The zero-order valence-electron chi connectivity index (χ0n) is 16.3. The minimum Gasteiger partial charge on any atom is -0.370 e. The van der Waals surface area contributed by atoms with Gasteiger partial charge in [0, 0.05) is 23.7 Å². The number of hydrogen-bond acceptors (Lipinski definition) is 5. The van der Waals surface area contributed by atoms with Crippen LogP contribution in [0.25, 0.3) is 0 Å². The van der Waals surface area contributed by atoms with Crippen LogP contribution in [0.15, 0.2) is 48.5 Å². The van der Waals surface area contributed by atoms with Gasteiger partial charge >= 0.3 is 0 Å². The molecule has 1 spiro atoms. The number of primary amides is 1. The number of fused-ring (bicyclic) bond motifs is 4. The number of anilines is 1. The SMILES string of the molecule is NC(=O)CC1NC2(C(=O)Nc3ccc(F)cc32)C2C(=O)N(Cc3ccccc3)C(=O)C12. The third-order valence-electron chi connectivity index (χ3n) is 6.37. The number of benzene rings is 2. The Labute approximate surface area is 176 Å². The van der Waals surface area contributed by atoms with Crippen molar-refractivity contribution in [2.75, 3.05) is 5.32 Å². The average Bonchev–Trinajstić information content (AvgIpc) is 3.29. The van der Waals surface area contributed by atoms with Gasteiger partial charge < -0.3 is 11.1 Å². The monoisotopic (exact) mass is 422 g/mol. The predicted octanol–water partition coefficient (Wildman–Crippen LogP) is 0.622. The van der Waals surface area contributed by atoms with E-state index in [0.29, 0.717) is 5.69 Å². The third kappa shape index (κ3) is 2.70. The van der Waals surface area contributed by atoms with Crippen molar-refractivity contribution in [2.24, 2.45) is 17.6 Å². The van der Waals surface area contributed by atoms with Crippen LogP contribution < -0.4 is 16.4 Å². The highest BCUT2D eigenvalue weighted by Crippen LogP contribution is 2.53. The summed E-state index contributed by atoms with van der Waals surface area (Å²) in [6.07, 6.45) is -0.237. The van der Waals surface area contributed by atoms with Gasteiger partial charge in [-0.1, -0.05) is 30.3 Å². The molecule has 3 heterocycles. The van der Waals surface area contributed by atoms with E-state index in [1.165, 1.54) is 18.2 Å². The van der Waals surface area contributed by atoms with Crippen LogP contribution in [0.3, 0.4) is 0 Å². The number of amides is 4. The first-order valence-corrected chi connectivity index (χ1v) is 9.89. The highest BCUT2D eigenvalue weighted by Gasteiger charge is 2.70. The van der Waals surface area contributed by atoms with Crippen LogP contribution in [0.2, 0.25) is 0 Å². The predicted molar refractivity (Wildman–Crippen MR) is 106 cm³/mol. The number of rotatable bonds is 4. The zero-order valence-corrected chi connectivity index (χ0v) is 16.3. The fraction of sp³-hybridized carbons (Fsp3) is 0.273. The normalized spacial score (nSPS) is 28.7. The molecule has 0 aromatic heterocycles. The van der Waals surface area contributed by atoms with Crippen molar-refractivity contribution in [2.45, 2.75) is 24.5 Å². The van der Waals surface area contributed by atoms with Crippen molar-refractivity contribution >= 4 is 29.3 Å². The fourth-order valence-electron chi connectivity index (χ4n) is 5.15. The van der Waals surface area contributed by atoms with Crippen LogP contribution in [-0.2, 0) is 31.3 Å². The molecule has 3 aliphatic heterocycles. The summed E-state index contributed by atoms with van der Waals surface area (Å²) in [5.41, 5.74) is 5.09. The van der Waals surface area contributed by atoms with E-state index in [1.54, 1.807) is 24.3 Å². The molecule has 2 fully saturated rings. The van der Waals surface area contributed by atoms with Crippen molar-refractivity contribution in [3.05, 3.63) is 65.5 Å². The molecular formula is C22H19FN4O4. The Morgan fingerprint density at radius 2 is 1.84 bits per heavy atom. The summed E-state index contributed by atoms with van der Waals surface area (Å²) in [6.45, 7) is 0.0442. The third-order valence-corrected chi connectivity index (χ3v) is 6.37. The van der Waals surface area contributed by atoms with Crippen LogP contribution in [0.5, 0.6) is 0 Å². The largest absolute Gasteiger partial charge is 0.370 e. The lowest BCUT2D eigenvalue weighted by Crippen LogP contribution is -2.53. The number of halogens is 1. The summed E-state index contributed by atoms with van der Waals surface area (Å²) >= 11 is 0. The summed E-state index contributed by atoms with van der Waals surface area (Å²) in [5, 5.41) is 5.71. The molecule has 0 bridgehead atoms. The number of carbonyl (C=O) groups excluding carboxylic acids is 4. The van der Waals surface area contributed by atoms with Crippen molar-refractivity contribution in [3.8, 4) is 0 Å². The number of hydrogen-bond donors (Lipinski definition) is 3. The highest BCUT2D eigenvalue weighted by atomic mass is 19.1. The quantitative estimate of drug-likeness (QED) is 0.624. The lowest BCUT2D eigenvalue weighted by molar-refractivity contribution is -0.143. The number of nitrogens with two attached hydrogens (primary N) is 1. The van der Waals surface area contributed by atoms with E-state index in [0.717, 1.165) is 10.5 Å². The van der Waals surface area contributed by atoms with Gasteiger partial charge in [-0.2, -0.15) is 0 Å². The van der Waals surface area contributed by atoms with Gasteiger partial charge in [-0.3, -0.25) is 29.4 Å². The summed E-state index contributed by atoms with van der Waals surface area (Å²) in [6, 6.07) is 12.0. The van der Waals surface area contributed by atoms with E-state index in [1.807, 2.05) is 6.07 Å². The fourth-order valence-corrected chi connectivity index (χ4v) is 5.15. The van der Waals surface area contributed by atoms with Gasteiger partial charge in [-0.15, -0.1) is 0 Å². The topological polar surface area (TPSA) is 122 Å². The summed E-state index contributed by atoms with van der Waals surface area (Å²) < 4.78 is 14.1. The van der Waals surface area contributed by atoms with Crippen molar-refractivity contribution in [1.29, 1.82) is 0 Å². The first kappa shape index (κ1) is 19.4. The molecule has 2 aromatic carbocycles. The maximum atomic E-state index is 14.1. The Morgan fingerprint density at radius 3 is 2.55 bits per heavy atom. The van der Waals surface area contributed by atoms with Gasteiger partial charge in [0.2, 0.25) is 23.6 Å². The molecule has 4 atom stereocenters. The smallest absolute Gasteiger partial charge is 0.250 e. The van der Waals surface area contributed by atoms with E-state index < -0.39 is 52.9 Å². The molecule has 8 nitrogen and oxygen atoms in total. The maximum absolute atomic E-state index is 14.1. The zero-order chi connectivity index (χ0) is 21.9. The van der Waals surface area contributed by atoms with Crippen LogP contribution in [0.1, 0.15) is 17.5 Å². The van der Waals surface area contributed by atoms with Gasteiger partial charge in [0.05, 0.1) is 18.4 Å². The molecule has 0 radical (unpaired) electrons. The molecule has 4 N–H and O–H groups in total. The lowest BCUT2D eigenvalue weighted by atomic mass is 9.76. The van der Waals surface area contributed by atoms with Gasteiger partial charge in [-0.05, 0) is 23.8 Å². The van der Waals surface area contributed by atoms with Gasteiger partial charge in [-0.25, -0.2) is 4.39 Å². The Kier molecular flexibility index (Phi) is 4.19. The van der Waals surface area contributed by atoms with Crippen molar-refractivity contribution in [1.82, 2.24) is 10.2 Å². The first-order chi connectivity index (χ1) is 14.8. The van der Waals surface area contributed by atoms with Crippen molar-refractivity contribution in [3.63, 3.8) is 0 Å². The van der Waals surface area contributed by atoms with E-state index in [9.17, 15) is 23.6 Å². The van der Waals surface area contributed by atoms with Gasteiger partial charge in [0.1, 0.15) is 11.4 Å². The Balaban J connectivity index is 1.62. The van der Waals surface area contributed by atoms with E-state index in [2.05, 4.69) is 10.6 Å².